The SMILES string of the molecule is Cc1ccc(N(CC(=O)N/N=C\c2cc(C)n(-c3ccc(Cl)cc3)c2C)S(=O)(=O)c2ccccc2)c(C)c1. The van der Waals surface area contributed by atoms with Gasteiger partial charge in [0.2, 0.25) is 0 Å². The van der Waals surface area contributed by atoms with Crippen molar-refractivity contribution in [2.45, 2.75) is 32.6 Å². The number of aryl methyl sites for hydroxylation is 3. The molecule has 38 heavy (non-hydrogen) atoms. The highest BCUT2D eigenvalue weighted by molar-refractivity contribution is 7.92. The molecule has 0 radical (unpaired) electrons. The molecule has 0 atom stereocenters. The highest BCUT2D eigenvalue weighted by Crippen LogP contribution is 2.27. The van der Waals surface area contributed by atoms with Crippen LogP contribution in [0.15, 0.2) is 88.9 Å². The van der Waals surface area contributed by atoms with E-state index in [1.54, 1.807) is 30.5 Å². The molecule has 1 heterocycles. The first-order chi connectivity index (χ1) is 18.1. The fourth-order valence-corrected chi connectivity index (χ4v) is 5.98. The highest BCUT2D eigenvalue weighted by Gasteiger charge is 2.28. The fourth-order valence-electron chi connectivity index (χ4n) is 4.35. The number of anilines is 1. The molecule has 0 fully saturated rings. The number of hydrogen-bond acceptors (Lipinski definition) is 4. The van der Waals surface area contributed by atoms with Crippen molar-refractivity contribution < 1.29 is 13.2 Å². The van der Waals surface area contributed by atoms with Crippen LogP contribution in [0.4, 0.5) is 5.69 Å². The first kappa shape index (κ1) is 27.2. The molecule has 0 spiro atoms. The molecule has 1 aromatic heterocycles. The Bertz CT molecular complexity index is 1600. The summed E-state index contributed by atoms with van der Waals surface area (Å²) < 4.78 is 30.3. The van der Waals surface area contributed by atoms with Crippen molar-refractivity contribution in [3.8, 4) is 5.69 Å². The van der Waals surface area contributed by atoms with Crippen molar-refractivity contribution in [3.63, 3.8) is 0 Å². The number of nitrogens with one attached hydrogen (secondary N) is 1. The van der Waals surface area contributed by atoms with Gasteiger partial charge in [-0.25, -0.2) is 13.8 Å². The fraction of sp³-hybridized carbons (Fsp3) is 0.172. The number of rotatable bonds is 8. The maximum atomic E-state index is 13.5. The Balaban J connectivity index is 1.56. The molecular formula is C29H29ClN4O3S. The van der Waals surface area contributed by atoms with Gasteiger partial charge in [-0.3, -0.25) is 9.10 Å². The van der Waals surface area contributed by atoms with Crippen LogP contribution in [0.5, 0.6) is 0 Å². The van der Waals surface area contributed by atoms with Gasteiger partial charge in [0.05, 0.1) is 16.8 Å². The average Bonchev–Trinajstić information content (AvgIpc) is 3.16. The molecule has 0 saturated carbocycles. The molecule has 4 rings (SSSR count). The van der Waals surface area contributed by atoms with Gasteiger partial charge in [-0.2, -0.15) is 5.10 Å². The summed E-state index contributed by atoms with van der Waals surface area (Å²) in [6.07, 6.45) is 1.56. The molecule has 3 aromatic carbocycles. The lowest BCUT2D eigenvalue weighted by atomic mass is 10.1. The van der Waals surface area contributed by atoms with E-state index < -0.39 is 22.5 Å². The van der Waals surface area contributed by atoms with Crippen LogP contribution >= 0.6 is 11.6 Å². The molecule has 0 bridgehead atoms. The van der Waals surface area contributed by atoms with Gasteiger partial charge in [0.25, 0.3) is 15.9 Å². The van der Waals surface area contributed by atoms with Gasteiger partial charge >= 0.3 is 0 Å². The van der Waals surface area contributed by atoms with Gasteiger partial charge in [-0.15, -0.1) is 0 Å². The molecule has 0 unspecified atom stereocenters. The number of sulfonamides is 1. The van der Waals surface area contributed by atoms with Gasteiger partial charge < -0.3 is 4.57 Å². The first-order valence-corrected chi connectivity index (χ1v) is 13.8. The maximum absolute atomic E-state index is 13.5. The van der Waals surface area contributed by atoms with Gasteiger partial charge in [0.1, 0.15) is 6.54 Å². The average molecular weight is 549 g/mol. The zero-order valence-electron chi connectivity index (χ0n) is 21.6. The molecular weight excluding hydrogens is 520 g/mol. The molecule has 196 valence electrons. The third-order valence-corrected chi connectivity index (χ3v) is 8.21. The molecule has 1 N–H and O–H groups in total. The second-order valence-corrected chi connectivity index (χ2v) is 11.3. The van der Waals surface area contributed by atoms with Crippen LogP contribution in [0.3, 0.4) is 0 Å². The normalized spacial score (nSPS) is 11.6. The van der Waals surface area contributed by atoms with E-state index in [-0.39, 0.29) is 4.90 Å². The van der Waals surface area contributed by atoms with Crippen molar-refractivity contribution >= 4 is 39.4 Å². The van der Waals surface area contributed by atoms with Crippen molar-refractivity contribution in [2.75, 3.05) is 10.8 Å². The molecule has 0 aliphatic carbocycles. The van der Waals surface area contributed by atoms with E-state index in [1.165, 1.54) is 12.1 Å². The van der Waals surface area contributed by atoms with Crippen LogP contribution < -0.4 is 9.73 Å². The van der Waals surface area contributed by atoms with Crippen molar-refractivity contribution in [3.05, 3.63) is 112 Å². The van der Waals surface area contributed by atoms with E-state index in [0.717, 1.165) is 38.1 Å². The van der Waals surface area contributed by atoms with Crippen molar-refractivity contribution in [1.29, 1.82) is 0 Å². The molecule has 0 aliphatic heterocycles. The number of carbonyl (C=O) groups excluding carboxylic acids is 1. The lowest BCUT2D eigenvalue weighted by Crippen LogP contribution is -2.40. The number of nitrogens with zero attached hydrogens (tertiary/aromatic N) is 3. The standard InChI is InChI=1S/C29H29ClN4O3S/c1-20-10-15-28(21(2)16-20)33(38(36,37)27-8-6-5-7-9-27)19-29(35)32-31-18-24-17-22(3)34(23(24)4)26-13-11-25(30)12-14-26/h5-18H,19H2,1-4H3,(H,32,35)/b31-18-. The summed E-state index contributed by atoms with van der Waals surface area (Å²) in [5.41, 5.74) is 8.37. The molecule has 4 aromatic rings. The van der Waals surface area contributed by atoms with E-state index in [1.807, 2.05) is 70.2 Å². The van der Waals surface area contributed by atoms with Crippen LogP contribution in [0.2, 0.25) is 5.02 Å². The predicted molar refractivity (Wildman–Crippen MR) is 153 cm³/mol. The summed E-state index contributed by atoms with van der Waals surface area (Å²) in [6.45, 7) is 7.26. The third kappa shape index (κ3) is 5.82. The van der Waals surface area contributed by atoms with Crippen LogP contribution in [-0.4, -0.2) is 31.7 Å². The zero-order valence-corrected chi connectivity index (χ0v) is 23.2. The molecule has 9 heteroatoms. The maximum Gasteiger partial charge on any atom is 0.264 e. The van der Waals surface area contributed by atoms with E-state index in [2.05, 4.69) is 15.1 Å². The lowest BCUT2D eigenvalue weighted by Gasteiger charge is -2.25. The Labute approximate surface area is 228 Å². The Morgan fingerprint density at radius 1 is 0.974 bits per heavy atom. The summed E-state index contributed by atoms with van der Waals surface area (Å²) in [7, 11) is -4.00. The number of hydrogen-bond donors (Lipinski definition) is 1. The number of amides is 1. The smallest absolute Gasteiger partial charge is 0.264 e. The monoisotopic (exact) mass is 548 g/mol. The summed E-state index contributed by atoms with van der Waals surface area (Å²) in [4.78, 5) is 13.0. The largest absolute Gasteiger partial charge is 0.318 e. The van der Waals surface area contributed by atoms with Crippen molar-refractivity contribution in [1.82, 2.24) is 9.99 Å². The highest BCUT2D eigenvalue weighted by atomic mass is 35.5. The Kier molecular flexibility index (Phi) is 8.04. The summed E-state index contributed by atoms with van der Waals surface area (Å²) in [6, 6.07) is 23.0. The van der Waals surface area contributed by atoms with Crippen LogP contribution in [0.25, 0.3) is 5.69 Å². The van der Waals surface area contributed by atoms with Crippen molar-refractivity contribution in [2.24, 2.45) is 5.10 Å². The topological polar surface area (TPSA) is 83.8 Å². The van der Waals surface area contributed by atoms with Gasteiger partial charge in [0.15, 0.2) is 0 Å². The minimum Gasteiger partial charge on any atom is -0.318 e. The van der Waals surface area contributed by atoms with E-state index in [9.17, 15) is 13.2 Å². The lowest BCUT2D eigenvalue weighted by molar-refractivity contribution is -0.119. The van der Waals surface area contributed by atoms with Crippen LogP contribution in [0, 0.1) is 27.7 Å². The second kappa shape index (κ2) is 11.2. The number of benzene rings is 3. The first-order valence-electron chi connectivity index (χ1n) is 12.0. The number of halogens is 1. The van der Waals surface area contributed by atoms with Gasteiger partial charge in [-0.05, 0) is 81.8 Å². The van der Waals surface area contributed by atoms with Crippen LogP contribution in [0.1, 0.15) is 28.1 Å². The van der Waals surface area contributed by atoms with E-state index >= 15 is 0 Å². The number of hydrazone groups is 1. The molecule has 7 nitrogen and oxygen atoms in total. The summed E-state index contributed by atoms with van der Waals surface area (Å²) in [5, 5.41) is 4.78. The number of carbonyl (C=O) groups is 1. The number of aromatic nitrogens is 1. The van der Waals surface area contributed by atoms with E-state index in [0.29, 0.717) is 10.7 Å². The third-order valence-electron chi connectivity index (χ3n) is 6.19. The van der Waals surface area contributed by atoms with Gasteiger partial charge in [-0.1, -0.05) is 47.5 Å². The molecule has 0 saturated heterocycles. The summed E-state index contributed by atoms with van der Waals surface area (Å²) >= 11 is 6.02. The minimum absolute atomic E-state index is 0.103. The Morgan fingerprint density at radius 3 is 2.32 bits per heavy atom. The predicted octanol–water partition coefficient (Wildman–Crippen LogP) is 5.71. The molecule has 1 amide bonds. The Morgan fingerprint density at radius 2 is 1.66 bits per heavy atom. The Hall–Kier alpha value is -3.88. The van der Waals surface area contributed by atoms with Crippen LogP contribution in [-0.2, 0) is 14.8 Å². The van der Waals surface area contributed by atoms with Gasteiger partial charge in [0, 0.05) is 27.7 Å². The molecule has 0 aliphatic rings. The second-order valence-electron chi connectivity index (χ2n) is 9.05. The minimum atomic E-state index is -4.00. The summed E-state index contributed by atoms with van der Waals surface area (Å²) in [5.74, 6) is -0.563. The van der Waals surface area contributed by atoms with E-state index in [4.69, 9.17) is 11.6 Å². The zero-order chi connectivity index (χ0) is 27.4. The quantitative estimate of drug-likeness (QED) is 0.226.